The number of carbonyl (C=O) groups is 2. The summed E-state index contributed by atoms with van der Waals surface area (Å²) in [6.45, 7) is 7.11. The van der Waals surface area contributed by atoms with Crippen molar-refractivity contribution in [2.45, 2.75) is 32.2 Å². The van der Waals surface area contributed by atoms with Crippen LogP contribution in [0.2, 0.25) is 0 Å². The second-order valence-corrected chi connectivity index (χ2v) is 3.85. The van der Waals surface area contributed by atoms with E-state index in [1.165, 1.54) is 6.92 Å². The first kappa shape index (κ1) is 12.5. The molecule has 0 fully saturated rings. The molecule has 0 bridgehead atoms. The number of esters is 1. The van der Waals surface area contributed by atoms with Crippen molar-refractivity contribution < 1.29 is 14.3 Å². The highest BCUT2D eigenvalue weighted by Gasteiger charge is 2.43. The van der Waals surface area contributed by atoms with Crippen LogP contribution in [0.4, 0.5) is 0 Å². The molecule has 0 heterocycles. The van der Waals surface area contributed by atoms with Crippen LogP contribution in [0.25, 0.3) is 0 Å². The number of hydrogen-bond acceptors (Lipinski definition) is 3. The summed E-state index contributed by atoms with van der Waals surface area (Å²) in [5.74, 6) is -0.606. The topological polar surface area (TPSA) is 55.4 Å². The van der Waals surface area contributed by atoms with E-state index in [4.69, 9.17) is 4.74 Å². The first-order chi connectivity index (χ1) is 7.54. The molecule has 16 heavy (non-hydrogen) atoms. The smallest absolute Gasteiger partial charge is 0.332 e. The molecule has 4 heteroatoms. The summed E-state index contributed by atoms with van der Waals surface area (Å²) in [5.41, 5.74) is 0.0348. The lowest BCUT2D eigenvalue weighted by Gasteiger charge is -2.27. The zero-order valence-electron chi connectivity index (χ0n) is 9.71. The van der Waals surface area contributed by atoms with Crippen LogP contribution in [-0.2, 0) is 14.3 Å². The van der Waals surface area contributed by atoms with Crippen LogP contribution < -0.4 is 5.32 Å². The molecule has 1 unspecified atom stereocenters. The number of amides is 1. The highest BCUT2D eigenvalue weighted by atomic mass is 16.5. The third-order valence-electron chi connectivity index (χ3n) is 2.56. The quantitative estimate of drug-likeness (QED) is 0.731. The van der Waals surface area contributed by atoms with Gasteiger partial charge in [0, 0.05) is 19.8 Å². The Bertz CT molecular complexity index is 346. The predicted octanol–water partition coefficient (Wildman–Crippen LogP) is 1.33. The Balaban J connectivity index is 2.84. The fourth-order valence-corrected chi connectivity index (χ4v) is 1.86. The van der Waals surface area contributed by atoms with Crippen molar-refractivity contribution in [1.29, 1.82) is 0 Å². The average molecular weight is 223 g/mol. The van der Waals surface area contributed by atoms with Crippen molar-refractivity contribution in [3.63, 3.8) is 0 Å². The molecule has 0 aromatic carbocycles. The monoisotopic (exact) mass is 223 g/mol. The highest BCUT2D eigenvalue weighted by molar-refractivity contribution is 5.88. The van der Waals surface area contributed by atoms with Crippen molar-refractivity contribution in [2.75, 3.05) is 6.61 Å². The van der Waals surface area contributed by atoms with Gasteiger partial charge < -0.3 is 10.1 Å². The number of hydrogen-bond donors (Lipinski definition) is 1. The molecule has 0 radical (unpaired) electrons. The second-order valence-electron chi connectivity index (χ2n) is 3.85. The van der Waals surface area contributed by atoms with E-state index in [0.717, 1.165) is 5.57 Å². The summed E-state index contributed by atoms with van der Waals surface area (Å²) < 4.78 is 5.00. The van der Waals surface area contributed by atoms with Crippen molar-refractivity contribution in [1.82, 2.24) is 5.32 Å². The Morgan fingerprint density at radius 1 is 1.69 bits per heavy atom. The summed E-state index contributed by atoms with van der Waals surface area (Å²) in [6.07, 6.45) is 4.52. The van der Waals surface area contributed by atoms with E-state index >= 15 is 0 Å². The Kier molecular flexibility index (Phi) is 3.88. The van der Waals surface area contributed by atoms with E-state index in [2.05, 4.69) is 11.9 Å². The molecule has 1 aliphatic carbocycles. The standard InChI is InChI=1S/C12H17NO3/c1-4-10-6-7-12(8-10,13-9(3)14)11(15)16-5-2/h4,6H,1,5,7-8H2,2-3H3,(H,13,14). The molecule has 0 saturated heterocycles. The number of carbonyl (C=O) groups excluding carboxylic acids is 2. The van der Waals surface area contributed by atoms with Crippen LogP contribution in [0.15, 0.2) is 24.3 Å². The Morgan fingerprint density at radius 3 is 2.81 bits per heavy atom. The molecule has 1 rings (SSSR count). The van der Waals surface area contributed by atoms with Crippen molar-refractivity contribution in [2.24, 2.45) is 0 Å². The normalized spacial score (nSPS) is 23.5. The molecule has 0 spiro atoms. The number of rotatable bonds is 4. The van der Waals surface area contributed by atoms with E-state index in [-0.39, 0.29) is 11.9 Å². The predicted molar refractivity (Wildman–Crippen MR) is 60.7 cm³/mol. The van der Waals surface area contributed by atoms with Crippen LogP contribution >= 0.6 is 0 Å². The molecular weight excluding hydrogens is 206 g/mol. The van der Waals surface area contributed by atoms with Crippen molar-refractivity contribution >= 4 is 11.9 Å². The number of allylic oxidation sites excluding steroid dienone is 1. The fourth-order valence-electron chi connectivity index (χ4n) is 1.86. The van der Waals surface area contributed by atoms with Gasteiger partial charge in [0.1, 0.15) is 5.54 Å². The molecule has 1 amide bonds. The van der Waals surface area contributed by atoms with Gasteiger partial charge in [0.25, 0.3) is 0 Å². The van der Waals surface area contributed by atoms with Crippen LogP contribution in [0, 0.1) is 0 Å². The van der Waals surface area contributed by atoms with E-state index in [9.17, 15) is 9.59 Å². The molecule has 4 nitrogen and oxygen atoms in total. The lowest BCUT2D eigenvalue weighted by Crippen LogP contribution is -2.53. The van der Waals surface area contributed by atoms with Gasteiger partial charge in [-0.05, 0) is 12.5 Å². The average Bonchev–Trinajstić information content (AvgIpc) is 2.62. The SMILES string of the molecule is C=CC1=CCC(NC(C)=O)(C(=O)OCC)C1. The van der Waals surface area contributed by atoms with Crippen LogP contribution in [0.1, 0.15) is 26.7 Å². The van der Waals surface area contributed by atoms with Crippen LogP contribution in [0.3, 0.4) is 0 Å². The minimum absolute atomic E-state index is 0.230. The fraction of sp³-hybridized carbons (Fsp3) is 0.500. The summed E-state index contributed by atoms with van der Waals surface area (Å²) in [5, 5.41) is 2.69. The van der Waals surface area contributed by atoms with Crippen molar-refractivity contribution in [3.05, 3.63) is 24.3 Å². The zero-order valence-corrected chi connectivity index (χ0v) is 9.71. The molecule has 1 atom stereocenters. The summed E-state index contributed by atoms with van der Waals surface area (Å²) in [4.78, 5) is 23.0. The lowest BCUT2D eigenvalue weighted by molar-refractivity contribution is -0.152. The third-order valence-corrected chi connectivity index (χ3v) is 2.56. The van der Waals surface area contributed by atoms with Gasteiger partial charge >= 0.3 is 5.97 Å². The van der Waals surface area contributed by atoms with Crippen LogP contribution in [-0.4, -0.2) is 24.0 Å². The van der Waals surface area contributed by atoms with Gasteiger partial charge in [0.15, 0.2) is 0 Å². The van der Waals surface area contributed by atoms with Gasteiger partial charge in [0.2, 0.25) is 5.91 Å². The maximum absolute atomic E-state index is 11.9. The molecule has 1 N–H and O–H groups in total. The van der Waals surface area contributed by atoms with E-state index in [1.54, 1.807) is 13.0 Å². The van der Waals surface area contributed by atoms with Crippen molar-refractivity contribution in [3.8, 4) is 0 Å². The maximum atomic E-state index is 11.9. The Hall–Kier alpha value is -1.58. The molecule has 1 aliphatic rings. The third kappa shape index (κ3) is 2.51. The summed E-state index contributed by atoms with van der Waals surface area (Å²) in [7, 11) is 0. The molecule has 0 saturated carbocycles. The molecule has 88 valence electrons. The molecule has 0 aromatic rings. The van der Waals surface area contributed by atoms with E-state index in [1.807, 2.05) is 6.08 Å². The summed E-state index contributed by atoms with van der Waals surface area (Å²) in [6, 6.07) is 0. The molecule has 0 aromatic heterocycles. The van der Waals surface area contributed by atoms with Gasteiger partial charge in [-0.25, -0.2) is 4.79 Å². The number of ether oxygens (including phenoxy) is 1. The van der Waals surface area contributed by atoms with Crippen LogP contribution in [0.5, 0.6) is 0 Å². The maximum Gasteiger partial charge on any atom is 0.332 e. The van der Waals surface area contributed by atoms with Gasteiger partial charge in [-0.1, -0.05) is 18.7 Å². The zero-order chi connectivity index (χ0) is 12.2. The Labute approximate surface area is 95.4 Å². The number of nitrogens with one attached hydrogen (secondary N) is 1. The minimum atomic E-state index is -0.925. The lowest BCUT2D eigenvalue weighted by atomic mass is 9.95. The first-order valence-corrected chi connectivity index (χ1v) is 5.31. The highest BCUT2D eigenvalue weighted by Crippen LogP contribution is 2.31. The largest absolute Gasteiger partial charge is 0.464 e. The van der Waals surface area contributed by atoms with E-state index < -0.39 is 5.54 Å². The first-order valence-electron chi connectivity index (χ1n) is 5.31. The van der Waals surface area contributed by atoms with E-state index in [0.29, 0.717) is 19.4 Å². The molecular formula is C12H17NO3. The summed E-state index contributed by atoms with van der Waals surface area (Å²) >= 11 is 0. The van der Waals surface area contributed by atoms with Gasteiger partial charge in [0.05, 0.1) is 6.61 Å². The Morgan fingerprint density at radius 2 is 2.38 bits per heavy atom. The van der Waals surface area contributed by atoms with Gasteiger partial charge in [-0.2, -0.15) is 0 Å². The minimum Gasteiger partial charge on any atom is -0.464 e. The van der Waals surface area contributed by atoms with Gasteiger partial charge in [-0.15, -0.1) is 0 Å². The second kappa shape index (κ2) is 4.96. The molecule has 0 aliphatic heterocycles. The van der Waals surface area contributed by atoms with Gasteiger partial charge in [-0.3, -0.25) is 4.79 Å².